The Morgan fingerprint density at radius 1 is 1.09 bits per heavy atom. The van der Waals surface area contributed by atoms with E-state index in [-0.39, 0.29) is 23.9 Å². The van der Waals surface area contributed by atoms with Crippen LogP contribution in [0.5, 0.6) is 0 Å². The van der Waals surface area contributed by atoms with Gasteiger partial charge in [0, 0.05) is 25.5 Å². The molecule has 0 aliphatic carbocycles. The van der Waals surface area contributed by atoms with Crippen molar-refractivity contribution >= 4 is 28.0 Å². The maximum absolute atomic E-state index is 12.3. The first-order chi connectivity index (χ1) is 15.3. The number of unbranched alkanes of at least 4 members (excludes halogenated alkanes) is 1. The number of carbonyl (C=O) groups is 3. The molecule has 2 aromatic rings. The van der Waals surface area contributed by atoms with Crippen LogP contribution in [0.2, 0.25) is 0 Å². The first-order valence-corrected chi connectivity index (χ1v) is 11.7. The number of nitrogens with one attached hydrogen (secondary N) is 3. The number of urea groups is 2. The zero-order chi connectivity index (χ0) is 23.1. The zero-order valence-corrected chi connectivity index (χ0v) is 18.4. The van der Waals surface area contributed by atoms with Crippen molar-refractivity contribution in [2.45, 2.75) is 37.6 Å². The van der Waals surface area contributed by atoms with E-state index in [1.54, 1.807) is 24.4 Å². The number of nitrogens with zero attached hydrogens (tertiary/aromatic N) is 2. The van der Waals surface area contributed by atoms with Crippen LogP contribution in [-0.4, -0.2) is 49.4 Å². The predicted molar refractivity (Wildman–Crippen MR) is 116 cm³/mol. The maximum Gasteiger partial charge on any atom is 0.328 e. The molecule has 0 unspecified atom stereocenters. The third-order valence-corrected chi connectivity index (χ3v) is 6.27. The number of imide groups is 1. The monoisotopic (exact) mass is 459 g/mol. The van der Waals surface area contributed by atoms with Gasteiger partial charge in [-0.1, -0.05) is 25.5 Å². The molecule has 0 spiro atoms. The lowest BCUT2D eigenvalue weighted by molar-refractivity contribution is 0.0820. The number of pyridine rings is 1. The minimum absolute atomic E-state index is 0.0371. The quantitative estimate of drug-likeness (QED) is 0.515. The van der Waals surface area contributed by atoms with Gasteiger partial charge in [-0.3, -0.25) is 14.7 Å². The van der Waals surface area contributed by atoms with Gasteiger partial charge in [-0.05, 0) is 42.2 Å². The van der Waals surface area contributed by atoms with Crippen LogP contribution in [0.4, 0.5) is 9.59 Å². The van der Waals surface area contributed by atoms with Crippen molar-refractivity contribution in [1.82, 2.24) is 25.2 Å². The van der Waals surface area contributed by atoms with E-state index >= 15 is 0 Å². The number of hydrogen-bond acceptors (Lipinski definition) is 6. The summed E-state index contributed by atoms with van der Waals surface area (Å²) < 4.78 is 26.6. The molecule has 1 aliphatic heterocycles. The Morgan fingerprint density at radius 3 is 2.53 bits per heavy atom. The molecule has 170 valence electrons. The highest BCUT2D eigenvalue weighted by Gasteiger charge is 2.31. The molecular formula is C21H25N5O5S. The van der Waals surface area contributed by atoms with Gasteiger partial charge < -0.3 is 10.6 Å². The smallest absolute Gasteiger partial charge is 0.328 e. The van der Waals surface area contributed by atoms with Crippen molar-refractivity contribution in [3.63, 3.8) is 0 Å². The summed E-state index contributed by atoms with van der Waals surface area (Å²) in [6.07, 6.45) is 5.10. The van der Waals surface area contributed by atoms with Gasteiger partial charge in [0.15, 0.2) is 0 Å². The van der Waals surface area contributed by atoms with E-state index < -0.39 is 22.1 Å². The summed E-state index contributed by atoms with van der Waals surface area (Å²) in [5.41, 5.74) is 1.97. The molecule has 2 heterocycles. The Kier molecular flexibility index (Phi) is 7.41. The number of hydrogen-bond donors (Lipinski definition) is 3. The standard InChI is InChI=1S/C21H25N5O5S/c1-2-3-10-23-20(28)25-32(30,31)17-6-4-15(5-7-17)8-12-24-21(29)26-14-16-9-11-22-13-18(16)19(26)27/h4-7,9,11,13H,2-3,8,10,12,14H2,1H3,(H,24,29)(H2,23,25,28). The van der Waals surface area contributed by atoms with Gasteiger partial charge in [0.05, 0.1) is 17.0 Å². The van der Waals surface area contributed by atoms with Crippen LogP contribution in [-0.2, 0) is 23.0 Å². The molecule has 3 rings (SSSR count). The third kappa shape index (κ3) is 5.61. The Bertz CT molecular complexity index is 1100. The predicted octanol–water partition coefficient (Wildman–Crippen LogP) is 1.78. The van der Waals surface area contributed by atoms with Crippen molar-refractivity contribution < 1.29 is 22.8 Å². The fourth-order valence-electron chi connectivity index (χ4n) is 3.15. The molecule has 1 aromatic carbocycles. The molecule has 11 heteroatoms. The Balaban J connectivity index is 1.48. The summed E-state index contributed by atoms with van der Waals surface area (Å²) in [5, 5.41) is 5.19. The molecule has 1 aliphatic rings. The number of sulfonamides is 1. The molecule has 0 radical (unpaired) electrons. The average Bonchev–Trinajstić information content (AvgIpc) is 3.11. The molecule has 0 fully saturated rings. The second-order valence-corrected chi connectivity index (χ2v) is 8.95. The fraction of sp³-hybridized carbons (Fsp3) is 0.333. The van der Waals surface area contributed by atoms with E-state index in [0.29, 0.717) is 18.5 Å². The van der Waals surface area contributed by atoms with Crippen molar-refractivity contribution in [2.75, 3.05) is 13.1 Å². The Hall–Kier alpha value is -3.47. The molecule has 5 amide bonds. The van der Waals surface area contributed by atoms with E-state index in [4.69, 9.17) is 0 Å². The number of benzene rings is 1. The van der Waals surface area contributed by atoms with Gasteiger partial charge >= 0.3 is 12.1 Å². The van der Waals surface area contributed by atoms with E-state index in [1.807, 2.05) is 11.6 Å². The Morgan fingerprint density at radius 2 is 1.84 bits per heavy atom. The normalized spacial score (nSPS) is 12.9. The van der Waals surface area contributed by atoms with Gasteiger partial charge in [0.25, 0.3) is 15.9 Å². The van der Waals surface area contributed by atoms with Crippen LogP contribution in [0.25, 0.3) is 0 Å². The lowest BCUT2D eigenvalue weighted by Gasteiger charge is -2.14. The summed E-state index contributed by atoms with van der Waals surface area (Å²) in [7, 11) is -3.97. The number of rotatable bonds is 8. The Labute approximate surface area is 186 Å². The molecule has 3 N–H and O–H groups in total. The number of carbonyl (C=O) groups excluding carboxylic acids is 3. The SMILES string of the molecule is CCCCNC(=O)NS(=O)(=O)c1ccc(CCNC(=O)N2Cc3ccncc3C2=O)cc1. The van der Waals surface area contributed by atoms with Crippen LogP contribution in [0.15, 0.2) is 47.6 Å². The molecule has 0 saturated heterocycles. The number of aromatic nitrogens is 1. The topological polar surface area (TPSA) is 138 Å². The number of amides is 5. The van der Waals surface area contributed by atoms with E-state index in [0.717, 1.165) is 28.9 Å². The summed E-state index contributed by atoms with van der Waals surface area (Å²) in [6, 6.07) is 6.46. The van der Waals surface area contributed by atoms with E-state index in [2.05, 4.69) is 15.6 Å². The first-order valence-electron chi connectivity index (χ1n) is 10.2. The highest BCUT2D eigenvalue weighted by Crippen LogP contribution is 2.21. The third-order valence-electron chi connectivity index (χ3n) is 4.93. The second kappa shape index (κ2) is 10.2. The van der Waals surface area contributed by atoms with Crippen LogP contribution < -0.4 is 15.4 Å². The van der Waals surface area contributed by atoms with Gasteiger partial charge in [-0.15, -0.1) is 0 Å². The van der Waals surface area contributed by atoms with Gasteiger partial charge in [-0.2, -0.15) is 0 Å². The van der Waals surface area contributed by atoms with Crippen molar-refractivity contribution in [3.05, 3.63) is 59.4 Å². The largest absolute Gasteiger partial charge is 0.337 e. The van der Waals surface area contributed by atoms with Crippen molar-refractivity contribution in [1.29, 1.82) is 0 Å². The van der Waals surface area contributed by atoms with Crippen LogP contribution >= 0.6 is 0 Å². The molecule has 1 aromatic heterocycles. The molecule has 0 saturated carbocycles. The van der Waals surface area contributed by atoms with Gasteiger partial charge in [0.2, 0.25) is 0 Å². The average molecular weight is 460 g/mol. The second-order valence-electron chi connectivity index (χ2n) is 7.26. The molecule has 32 heavy (non-hydrogen) atoms. The highest BCUT2D eigenvalue weighted by molar-refractivity contribution is 7.90. The molecule has 0 atom stereocenters. The number of fused-ring (bicyclic) bond motifs is 1. The zero-order valence-electron chi connectivity index (χ0n) is 17.6. The lowest BCUT2D eigenvalue weighted by Crippen LogP contribution is -2.40. The first kappa shape index (κ1) is 23.2. The van der Waals surface area contributed by atoms with Crippen molar-refractivity contribution in [2.24, 2.45) is 0 Å². The van der Waals surface area contributed by atoms with Gasteiger partial charge in [0.1, 0.15) is 0 Å². The van der Waals surface area contributed by atoms with Crippen LogP contribution in [0, 0.1) is 0 Å². The van der Waals surface area contributed by atoms with Crippen LogP contribution in [0.3, 0.4) is 0 Å². The lowest BCUT2D eigenvalue weighted by atomic mass is 10.1. The summed E-state index contributed by atoms with van der Waals surface area (Å²) in [5.74, 6) is -0.383. The molecular weight excluding hydrogens is 434 g/mol. The molecule has 10 nitrogen and oxygen atoms in total. The van der Waals surface area contributed by atoms with Crippen molar-refractivity contribution in [3.8, 4) is 0 Å². The minimum Gasteiger partial charge on any atom is -0.337 e. The van der Waals surface area contributed by atoms with Crippen LogP contribution in [0.1, 0.15) is 41.3 Å². The summed E-state index contributed by atoms with van der Waals surface area (Å²) in [4.78, 5) is 41.3. The molecule has 0 bridgehead atoms. The fourth-order valence-corrected chi connectivity index (χ4v) is 4.07. The van der Waals surface area contributed by atoms with E-state index in [1.165, 1.54) is 18.3 Å². The highest BCUT2D eigenvalue weighted by atomic mass is 32.2. The minimum atomic E-state index is -3.97. The summed E-state index contributed by atoms with van der Waals surface area (Å²) >= 11 is 0. The maximum atomic E-state index is 12.3. The van der Waals surface area contributed by atoms with E-state index in [9.17, 15) is 22.8 Å². The summed E-state index contributed by atoms with van der Waals surface area (Å²) in [6.45, 7) is 2.83. The van der Waals surface area contributed by atoms with Gasteiger partial charge in [-0.25, -0.2) is 22.7 Å².